The number of esters is 1. The third-order valence-electron chi connectivity index (χ3n) is 5.02. The zero-order valence-electron chi connectivity index (χ0n) is 13.3. The Labute approximate surface area is 143 Å². The first-order chi connectivity index (χ1) is 11.9. The van der Waals surface area contributed by atoms with Gasteiger partial charge in [0, 0.05) is 0 Å². The SMILES string of the molecule is NC1=NCC2NC(N)NC23N1C[C@H](OC(=O)c1ccccc1)C3(O)O. The maximum Gasteiger partial charge on any atom is 0.338 e. The van der Waals surface area contributed by atoms with Gasteiger partial charge in [0.15, 0.2) is 17.7 Å². The predicted molar refractivity (Wildman–Crippen MR) is 86.8 cm³/mol. The molecule has 1 aromatic rings. The minimum Gasteiger partial charge on any atom is -0.451 e. The highest BCUT2D eigenvalue weighted by atomic mass is 16.6. The summed E-state index contributed by atoms with van der Waals surface area (Å²) in [6.45, 7) is 0.185. The number of hydrogen-bond acceptors (Lipinski definition) is 10. The van der Waals surface area contributed by atoms with Gasteiger partial charge in [0.2, 0.25) is 5.79 Å². The van der Waals surface area contributed by atoms with E-state index in [-0.39, 0.29) is 19.0 Å². The number of aliphatic hydroxyl groups is 2. The van der Waals surface area contributed by atoms with Crippen LogP contribution in [0, 0.1) is 0 Å². The van der Waals surface area contributed by atoms with Crippen molar-refractivity contribution in [2.75, 3.05) is 13.1 Å². The first-order valence-corrected chi connectivity index (χ1v) is 7.94. The van der Waals surface area contributed by atoms with Crippen molar-refractivity contribution >= 4 is 11.9 Å². The minimum atomic E-state index is -2.43. The molecule has 1 aromatic carbocycles. The molecule has 3 heterocycles. The Bertz CT molecular complexity index is 726. The van der Waals surface area contributed by atoms with Gasteiger partial charge in [-0.05, 0) is 12.1 Å². The highest BCUT2D eigenvalue weighted by molar-refractivity contribution is 5.89. The molecule has 10 heteroatoms. The molecule has 4 rings (SSSR count). The molecule has 2 fully saturated rings. The van der Waals surface area contributed by atoms with E-state index in [0.29, 0.717) is 5.56 Å². The van der Waals surface area contributed by atoms with E-state index in [0.717, 1.165) is 0 Å². The third-order valence-corrected chi connectivity index (χ3v) is 5.02. The Hall–Kier alpha value is -2.24. The normalized spacial score (nSPS) is 35.7. The molecule has 2 saturated heterocycles. The molecule has 3 aliphatic heterocycles. The van der Waals surface area contributed by atoms with Crippen molar-refractivity contribution in [3.63, 3.8) is 0 Å². The van der Waals surface area contributed by atoms with Crippen LogP contribution < -0.4 is 22.1 Å². The Balaban J connectivity index is 1.66. The topological polar surface area (TPSA) is 158 Å². The second kappa shape index (κ2) is 5.38. The van der Waals surface area contributed by atoms with Crippen LogP contribution in [0.5, 0.6) is 0 Å². The molecule has 0 amide bonds. The van der Waals surface area contributed by atoms with E-state index in [4.69, 9.17) is 16.2 Å². The van der Waals surface area contributed by atoms with E-state index in [1.807, 2.05) is 0 Å². The molecule has 4 atom stereocenters. The predicted octanol–water partition coefficient (Wildman–Crippen LogP) is -2.96. The molecule has 3 aliphatic rings. The second-order valence-electron chi connectivity index (χ2n) is 6.40. The number of nitrogens with one attached hydrogen (secondary N) is 2. The largest absolute Gasteiger partial charge is 0.451 e. The first kappa shape index (κ1) is 16.2. The highest BCUT2D eigenvalue weighted by Crippen LogP contribution is 2.43. The van der Waals surface area contributed by atoms with E-state index < -0.39 is 35.9 Å². The molecule has 134 valence electrons. The lowest BCUT2D eigenvalue weighted by Crippen LogP contribution is -2.75. The summed E-state index contributed by atoms with van der Waals surface area (Å²) in [5.41, 5.74) is 10.7. The van der Waals surface area contributed by atoms with Crippen LogP contribution in [0.3, 0.4) is 0 Å². The lowest BCUT2D eigenvalue weighted by atomic mass is 9.90. The number of rotatable bonds is 2. The summed E-state index contributed by atoms with van der Waals surface area (Å²) in [6.07, 6.45) is -1.93. The van der Waals surface area contributed by atoms with Gasteiger partial charge in [0.25, 0.3) is 0 Å². The number of guanidine groups is 1. The van der Waals surface area contributed by atoms with Gasteiger partial charge in [-0.3, -0.25) is 15.6 Å². The fourth-order valence-electron chi connectivity index (χ4n) is 3.85. The number of ether oxygens (including phenoxy) is 1. The Morgan fingerprint density at radius 3 is 2.80 bits per heavy atom. The summed E-state index contributed by atoms with van der Waals surface area (Å²) in [5, 5.41) is 27.8. The van der Waals surface area contributed by atoms with Crippen LogP contribution >= 0.6 is 0 Å². The molecule has 0 radical (unpaired) electrons. The van der Waals surface area contributed by atoms with Crippen LogP contribution in [0.4, 0.5) is 0 Å². The van der Waals surface area contributed by atoms with Gasteiger partial charge in [-0.15, -0.1) is 0 Å². The molecule has 8 N–H and O–H groups in total. The smallest absolute Gasteiger partial charge is 0.338 e. The maximum atomic E-state index is 12.3. The summed E-state index contributed by atoms with van der Waals surface area (Å²) >= 11 is 0. The fraction of sp³-hybridized carbons (Fsp3) is 0.467. The Morgan fingerprint density at radius 2 is 2.08 bits per heavy atom. The van der Waals surface area contributed by atoms with E-state index in [1.165, 1.54) is 4.90 Å². The monoisotopic (exact) mass is 348 g/mol. The van der Waals surface area contributed by atoms with Gasteiger partial charge in [0.05, 0.1) is 24.7 Å². The Kier molecular flexibility index (Phi) is 3.49. The molecule has 0 aromatic heterocycles. The van der Waals surface area contributed by atoms with Crippen molar-refractivity contribution in [1.82, 2.24) is 15.5 Å². The van der Waals surface area contributed by atoms with Crippen molar-refractivity contribution in [2.24, 2.45) is 16.5 Å². The first-order valence-electron chi connectivity index (χ1n) is 7.94. The molecular weight excluding hydrogens is 328 g/mol. The van der Waals surface area contributed by atoms with Gasteiger partial charge in [0.1, 0.15) is 6.29 Å². The highest BCUT2D eigenvalue weighted by Gasteiger charge is 2.73. The molecule has 0 aliphatic carbocycles. The van der Waals surface area contributed by atoms with Crippen LogP contribution in [-0.4, -0.2) is 70.0 Å². The van der Waals surface area contributed by atoms with Gasteiger partial charge in [-0.1, -0.05) is 18.2 Å². The lowest BCUT2D eigenvalue weighted by molar-refractivity contribution is -0.256. The zero-order valence-corrected chi connectivity index (χ0v) is 13.3. The summed E-state index contributed by atoms with van der Waals surface area (Å²) < 4.78 is 5.39. The fourth-order valence-corrected chi connectivity index (χ4v) is 3.85. The molecule has 0 bridgehead atoms. The van der Waals surface area contributed by atoms with Gasteiger partial charge >= 0.3 is 5.97 Å². The van der Waals surface area contributed by atoms with Crippen molar-refractivity contribution in [1.29, 1.82) is 0 Å². The third kappa shape index (κ3) is 2.16. The van der Waals surface area contributed by atoms with E-state index in [2.05, 4.69) is 15.6 Å². The quantitative estimate of drug-likeness (QED) is 0.242. The lowest BCUT2D eigenvalue weighted by Gasteiger charge is -2.46. The molecule has 25 heavy (non-hydrogen) atoms. The van der Waals surface area contributed by atoms with Crippen molar-refractivity contribution in [3.8, 4) is 0 Å². The Morgan fingerprint density at radius 1 is 1.36 bits per heavy atom. The number of carbonyl (C=O) groups excluding carboxylic acids is 1. The van der Waals surface area contributed by atoms with E-state index in [1.54, 1.807) is 30.3 Å². The van der Waals surface area contributed by atoms with Crippen LogP contribution in [0.15, 0.2) is 35.3 Å². The number of nitrogens with zero attached hydrogens (tertiary/aromatic N) is 2. The molecule has 1 spiro atoms. The van der Waals surface area contributed by atoms with Crippen molar-refractivity contribution in [2.45, 2.75) is 29.9 Å². The zero-order chi connectivity index (χ0) is 17.8. The average Bonchev–Trinajstić information content (AvgIpc) is 3.04. The van der Waals surface area contributed by atoms with Crippen LogP contribution in [-0.2, 0) is 4.74 Å². The standard InChI is InChI=1S/C15H20N6O4/c16-12-19-9-6-18-13(17)21-7-10(15(23,24)14(9,21)20-12)25-11(22)8-4-2-1-3-5-8/h1-5,9-10,12,19-20,23-24H,6-7,16H2,(H2,17,18)/t9?,10-,12?,14?/m0/s1. The number of benzene rings is 1. The number of hydrogen-bond donors (Lipinski definition) is 6. The van der Waals surface area contributed by atoms with Gasteiger partial charge in [-0.2, -0.15) is 0 Å². The van der Waals surface area contributed by atoms with Gasteiger partial charge < -0.3 is 31.3 Å². The second-order valence-corrected chi connectivity index (χ2v) is 6.40. The number of carbonyl (C=O) groups is 1. The summed E-state index contributed by atoms with van der Waals surface area (Å²) in [6, 6.07) is 7.82. The van der Waals surface area contributed by atoms with Crippen molar-refractivity contribution in [3.05, 3.63) is 35.9 Å². The molecule has 0 saturated carbocycles. The van der Waals surface area contributed by atoms with Crippen molar-refractivity contribution < 1.29 is 19.7 Å². The molecule has 3 unspecified atom stereocenters. The van der Waals surface area contributed by atoms with E-state index in [9.17, 15) is 15.0 Å². The molecule has 10 nitrogen and oxygen atoms in total. The van der Waals surface area contributed by atoms with Crippen LogP contribution in [0.25, 0.3) is 0 Å². The summed E-state index contributed by atoms with van der Waals surface area (Å²) in [7, 11) is 0. The summed E-state index contributed by atoms with van der Waals surface area (Å²) in [5.74, 6) is -2.95. The molecular formula is C15H20N6O4. The maximum absolute atomic E-state index is 12.3. The number of aliphatic imine (C=N–C) groups is 1. The van der Waals surface area contributed by atoms with E-state index >= 15 is 0 Å². The number of nitrogens with two attached hydrogens (primary N) is 2. The van der Waals surface area contributed by atoms with Crippen LogP contribution in [0.1, 0.15) is 10.4 Å². The minimum absolute atomic E-state index is 0.0290. The van der Waals surface area contributed by atoms with Gasteiger partial charge in [-0.25, -0.2) is 4.79 Å². The van der Waals surface area contributed by atoms with Crippen LogP contribution in [0.2, 0.25) is 0 Å². The average molecular weight is 348 g/mol. The summed E-state index contributed by atoms with van der Waals surface area (Å²) in [4.78, 5) is 18.0.